The van der Waals surface area contributed by atoms with Gasteiger partial charge in [-0.05, 0) is 83.3 Å². The molecule has 0 unspecified atom stereocenters. The van der Waals surface area contributed by atoms with Crippen molar-refractivity contribution in [3.63, 3.8) is 0 Å². The lowest BCUT2D eigenvalue weighted by atomic mass is 9.95. The fraction of sp³-hybridized carbons (Fsp3) is 0.387. The van der Waals surface area contributed by atoms with E-state index in [2.05, 4.69) is 103 Å². The zero-order valence-electron chi connectivity index (χ0n) is 20.9. The number of nitrogens with one attached hydrogen (secondary N) is 1. The highest BCUT2D eigenvalue weighted by molar-refractivity contribution is 14.1. The van der Waals surface area contributed by atoms with Crippen molar-refractivity contribution in [2.75, 3.05) is 0 Å². The first kappa shape index (κ1) is 25.0. The fourth-order valence-corrected chi connectivity index (χ4v) is 5.18. The van der Waals surface area contributed by atoms with E-state index in [4.69, 9.17) is 4.98 Å². The topological polar surface area (TPSA) is 28.7 Å². The van der Waals surface area contributed by atoms with Gasteiger partial charge in [0.25, 0.3) is 0 Å². The zero-order valence-corrected chi connectivity index (χ0v) is 23.0. The second-order valence-corrected chi connectivity index (χ2v) is 10.8. The molecule has 4 rings (SSSR count). The van der Waals surface area contributed by atoms with Crippen molar-refractivity contribution >= 4 is 33.4 Å². The van der Waals surface area contributed by atoms with Crippen LogP contribution < -0.4 is 0 Å². The SMILES string of the molecule is CCCCCCCCCCc1[nH]c(-c2ccc(I)cc2)nc1-c1cccc2c(C)c(C)ccc12. The van der Waals surface area contributed by atoms with E-state index in [1.165, 1.54) is 88.1 Å². The summed E-state index contributed by atoms with van der Waals surface area (Å²) in [6, 6.07) is 19.8. The molecule has 3 aromatic carbocycles. The molecular formula is C31H37IN2. The maximum Gasteiger partial charge on any atom is 0.138 e. The van der Waals surface area contributed by atoms with Gasteiger partial charge in [0.05, 0.1) is 5.69 Å². The van der Waals surface area contributed by atoms with Gasteiger partial charge in [-0.15, -0.1) is 0 Å². The monoisotopic (exact) mass is 564 g/mol. The van der Waals surface area contributed by atoms with Crippen molar-refractivity contribution in [3.8, 4) is 22.6 Å². The Kier molecular flexibility index (Phi) is 8.82. The predicted molar refractivity (Wildman–Crippen MR) is 155 cm³/mol. The summed E-state index contributed by atoms with van der Waals surface area (Å²) in [5.41, 5.74) is 7.47. The molecule has 0 atom stereocenters. The first-order valence-corrected chi connectivity index (χ1v) is 14.0. The van der Waals surface area contributed by atoms with Crippen LogP contribution in [0.3, 0.4) is 0 Å². The van der Waals surface area contributed by atoms with Crippen molar-refractivity contribution in [1.82, 2.24) is 9.97 Å². The minimum Gasteiger partial charge on any atom is -0.341 e. The van der Waals surface area contributed by atoms with E-state index in [0.717, 1.165) is 23.5 Å². The summed E-state index contributed by atoms with van der Waals surface area (Å²) in [6.07, 6.45) is 11.7. The Bertz CT molecular complexity index is 1220. The summed E-state index contributed by atoms with van der Waals surface area (Å²) >= 11 is 2.36. The van der Waals surface area contributed by atoms with Crippen LogP contribution in [0, 0.1) is 17.4 Å². The van der Waals surface area contributed by atoms with Gasteiger partial charge in [0, 0.05) is 20.4 Å². The van der Waals surface area contributed by atoms with E-state index in [9.17, 15) is 0 Å². The average Bonchev–Trinajstić information content (AvgIpc) is 3.27. The van der Waals surface area contributed by atoms with Crippen LogP contribution in [0.15, 0.2) is 54.6 Å². The van der Waals surface area contributed by atoms with Crippen LogP contribution in [-0.4, -0.2) is 9.97 Å². The van der Waals surface area contributed by atoms with Crippen LogP contribution in [0.25, 0.3) is 33.4 Å². The lowest BCUT2D eigenvalue weighted by Gasteiger charge is -2.11. The molecule has 0 bridgehead atoms. The van der Waals surface area contributed by atoms with Gasteiger partial charge in [-0.25, -0.2) is 4.98 Å². The number of aryl methyl sites for hydroxylation is 3. The summed E-state index contributed by atoms with van der Waals surface area (Å²) in [5.74, 6) is 0.974. The van der Waals surface area contributed by atoms with Crippen LogP contribution in [-0.2, 0) is 6.42 Å². The standard InChI is InChI=1S/C31H37IN2/c1-4-5-6-7-8-9-10-11-15-29-30(34-31(33-29)24-17-19-25(32)20-18-24)28-14-12-13-26-23(3)22(2)16-21-27(26)28/h12-14,16-21H,4-11,15H2,1-3H3,(H,33,34). The van der Waals surface area contributed by atoms with Crippen molar-refractivity contribution in [2.45, 2.75) is 78.6 Å². The predicted octanol–water partition coefficient (Wildman–Crippen LogP) is 9.80. The number of unbranched alkanes of at least 4 members (excludes halogenated alkanes) is 7. The highest BCUT2D eigenvalue weighted by atomic mass is 127. The third-order valence-corrected chi connectivity index (χ3v) is 7.75. The fourth-order valence-electron chi connectivity index (χ4n) is 4.82. The molecule has 0 fully saturated rings. The highest BCUT2D eigenvalue weighted by Crippen LogP contribution is 2.34. The number of benzene rings is 3. The number of aromatic amines is 1. The first-order valence-electron chi connectivity index (χ1n) is 12.9. The summed E-state index contributed by atoms with van der Waals surface area (Å²) in [5, 5.41) is 2.62. The van der Waals surface area contributed by atoms with E-state index in [1.807, 2.05) is 0 Å². The average molecular weight is 565 g/mol. The van der Waals surface area contributed by atoms with Crippen LogP contribution in [0.5, 0.6) is 0 Å². The maximum absolute atomic E-state index is 5.17. The number of rotatable bonds is 11. The van der Waals surface area contributed by atoms with E-state index < -0.39 is 0 Å². The van der Waals surface area contributed by atoms with E-state index in [-0.39, 0.29) is 0 Å². The Balaban J connectivity index is 1.61. The van der Waals surface area contributed by atoms with Gasteiger partial charge in [-0.2, -0.15) is 0 Å². The van der Waals surface area contributed by atoms with Crippen LogP contribution >= 0.6 is 22.6 Å². The minimum atomic E-state index is 0.974. The summed E-state index contributed by atoms with van der Waals surface area (Å²) < 4.78 is 1.24. The van der Waals surface area contributed by atoms with Gasteiger partial charge in [0.15, 0.2) is 0 Å². The Hall–Kier alpha value is -2.14. The van der Waals surface area contributed by atoms with Gasteiger partial charge in [-0.3, -0.25) is 0 Å². The third-order valence-electron chi connectivity index (χ3n) is 7.03. The van der Waals surface area contributed by atoms with Crippen molar-refractivity contribution in [1.29, 1.82) is 0 Å². The molecule has 0 saturated carbocycles. The Morgan fingerprint density at radius 1 is 0.765 bits per heavy atom. The Morgan fingerprint density at radius 3 is 2.21 bits per heavy atom. The highest BCUT2D eigenvalue weighted by Gasteiger charge is 2.16. The number of aromatic nitrogens is 2. The second-order valence-electron chi connectivity index (χ2n) is 9.55. The number of fused-ring (bicyclic) bond motifs is 1. The number of imidazole rings is 1. The number of nitrogens with zero attached hydrogens (tertiary/aromatic N) is 1. The van der Waals surface area contributed by atoms with Crippen molar-refractivity contribution < 1.29 is 0 Å². The molecule has 0 aliphatic rings. The summed E-state index contributed by atoms with van der Waals surface area (Å²) in [4.78, 5) is 8.89. The van der Waals surface area contributed by atoms with E-state index in [0.29, 0.717) is 0 Å². The number of H-pyrrole nitrogens is 1. The minimum absolute atomic E-state index is 0.974. The lowest BCUT2D eigenvalue weighted by Crippen LogP contribution is -1.93. The molecule has 4 aromatic rings. The molecule has 1 heterocycles. The van der Waals surface area contributed by atoms with Gasteiger partial charge in [-0.1, -0.05) is 94.3 Å². The normalized spacial score (nSPS) is 11.4. The zero-order chi connectivity index (χ0) is 23.9. The summed E-state index contributed by atoms with van der Waals surface area (Å²) in [6.45, 7) is 6.70. The van der Waals surface area contributed by atoms with Crippen molar-refractivity contribution in [3.05, 3.63) is 75.0 Å². The molecule has 1 N–H and O–H groups in total. The number of hydrogen-bond donors (Lipinski definition) is 1. The van der Waals surface area contributed by atoms with Crippen LogP contribution in [0.1, 0.15) is 75.1 Å². The smallest absolute Gasteiger partial charge is 0.138 e. The van der Waals surface area contributed by atoms with Crippen LogP contribution in [0.4, 0.5) is 0 Å². The Morgan fingerprint density at radius 2 is 1.47 bits per heavy atom. The van der Waals surface area contributed by atoms with Gasteiger partial charge in [0.1, 0.15) is 5.82 Å². The molecule has 0 aliphatic heterocycles. The molecule has 1 aromatic heterocycles. The molecule has 0 spiro atoms. The number of halogens is 1. The van der Waals surface area contributed by atoms with Crippen LogP contribution in [0.2, 0.25) is 0 Å². The molecule has 0 aliphatic carbocycles. The van der Waals surface area contributed by atoms with E-state index in [1.54, 1.807) is 0 Å². The quantitative estimate of drug-likeness (QED) is 0.143. The van der Waals surface area contributed by atoms with Crippen molar-refractivity contribution in [2.24, 2.45) is 0 Å². The van der Waals surface area contributed by atoms with Gasteiger partial charge in [0.2, 0.25) is 0 Å². The van der Waals surface area contributed by atoms with Gasteiger partial charge < -0.3 is 4.98 Å². The Labute approximate surface area is 218 Å². The number of hydrogen-bond acceptors (Lipinski definition) is 1. The lowest BCUT2D eigenvalue weighted by molar-refractivity contribution is 0.574. The molecule has 0 radical (unpaired) electrons. The van der Waals surface area contributed by atoms with Gasteiger partial charge >= 0.3 is 0 Å². The van der Waals surface area contributed by atoms with E-state index >= 15 is 0 Å². The third kappa shape index (κ3) is 5.91. The first-order chi connectivity index (χ1) is 16.6. The summed E-state index contributed by atoms with van der Waals surface area (Å²) in [7, 11) is 0. The molecule has 0 saturated heterocycles. The second kappa shape index (κ2) is 12.0. The largest absolute Gasteiger partial charge is 0.341 e. The molecule has 34 heavy (non-hydrogen) atoms. The molecular weight excluding hydrogens is 527 g/mol. The maximum atomic E-state index is 5.17. The molecule has 2 nitrogen and oxygen atoms in total. The molecule has 3 heteroatoms. The molecule has 0 amide bonds. The molecule has 178 valence electrons.